The number of hydrogen-bond donors (Lipinski definition) is 4. The van der Waals surface area contributed by atoms with Gasteiger partial charge < -0.3 is 25.7 Å². The van der Waals surface area contributed by atoms with E-state index in [1.165, 1.54) is 18.2 Å². The number of unbranched alkanes of at least 4 members (excludes halogenated alkanes) is 1. The predicted octanol–water partition coefficient (Wildman–Crippen LogP) is 2.26. The minimum atomic E-state index is -1.72. The van der Waals surface area contributed by atoms with E-state index in [-0.39, 0.29) is 30.7 Å². The first-order chi connectivity index (χ1) is 17.2. The smallest absolute Gasteiger partial charge is 0.254 e. The molecule has 1 saturated heterocycles. The van der Waals surface area contributed by atoms with Crippen molar-refractivity contribution in [3.63, 3.8) is 0 Å². The van der Waals surface area contributed by atoms with Crippen LogP contribution in [0, 0.1) is 6.92 Å². The molecule has 1 aliphatic heterocycles. The maximum atomic E-state index is 14.3. The zero-order valence-corrected chi connectivity index (χ0v) is 20.6. The molecule has 2 aromatic rings. The number of rotatable bonds is 10. The molecular weight excluding hydrogens is 465 g/mol. The molecular formula is C27H34FN3O5. The average molecular weight is 500 g/mol. The number of amides is 3. The van der Waals surface area contributed by atoms with Crippen molar-refractivity contribution >= 4 is 17.7 Å². The predicted molar refractivity (Wildman–Crippen MR) is 133 cm³/mol. The number of nitrogens with zero attached hydrogens (tertiary/aromatic N) is 1. The van der Waals surface area contributed by atoms with E-state index in [0.717, 1.165) is 23.3 Å². The number of nitrogens with one attached hydrogen (secondary N) is 2. The van der Waals surface area contributed by atoms with Crippen molar-refractivity contribution in [3.8, 4) is 5.75 Å². The van der Waals surface area contributed by atoms with Gasteiger partial charge >= 0.3 is 0 Å². The number of benzene rings is 2. The van der Waals surface area contributed by atoms with Crippen molar-refractivity contribution in [1.29, 1.82) is 0 Å². The van der Waals surface area contributed by atoms with Crippen molar-refractivity contribution in [2.75, 3.05) is 13.1 Å². The van der Waals surface area contributed by atoms with E-state index < -0.39 is 42.1 Å². The first kappa shape index (κ1) is 27.1. The topological polar surface area (TPSA) is 119 Å². The van der Waals surface area contributed by atoms with Crippen LogP contribution >= 0.6 is 0 Å². The highest BCUT2D eigenvalue weighted by Crippen LogP contribution is 2.24. The van der Waals surface area contributed by atoms with Crippen molar-refractivity contribution in [2.24, 2.45) is 0 Å². The number of aliphatic hydroxyl groups excluding tert-OH is 1. The van der Waals surface area contributed by atoms with Crippen LogP contribution in [0.1, 0.15) is 47.7 Å². The molecule has 3 amide bonds. The minimum absolute atomic E-state index is 0.0538. The first-order valence-corrected chi connectivity index (χ1v) is 12.3. The lowest BCUT2D eigenvalue weighted by atomic mass is 9.98. The molecule has 0 saturated carbocycles. The van der Waals surface area contributed by atoms with Crippen LogP contribution in [0.25, 0.3) is 0 Å². The fourth-order valence-electron chi connectivity index (χ4n) is 4.35. The Morgan fingerprint density at radius 3 is 2.56 bits per heavy atom. The molecule has 4 unspecified atom stereocenters. The highest BCUT2D eigenvalue weighted by atomic mass is 19.1. The van der Waals surface area contributed by atoms with Gasteiger partial charge in [-0.2, -0.15) is 0 Å². The molecule has 2 aromatic carbocycles. The van der Waals surface area contributed by atoms with Crippen LogP contribution in [0.4, 0.5) is 4.39 Å². The quantitative estimate of drug-likeness (QED) is 0.374. The Hall–Kier alpha value is -3.46. The standard InChI is InChI=1S/C27H34FN3O5/c1-3-4-13-29-26(35)22-15-19(28)16-31(22)27(36)24(33)21(14-18-9-6-5-7-10-18)30-25(34)20-11-8-12-23(32)17(20)2/h5-12,19,21-22,24,32-33H,3-4,13-16H2,1-2H3,(H,29,35)(H,30,34). The Balaban J connectivity index is 1.82. The molecule has 0 radical (unpaired) electrons. The van der Waals surface area contributed by atoms with Gasteiger partial charge in [-0.25, -0.2) is 4.39 Å². The first-order valence-electron chi connectivity index (χ1n) is 12.3. The minimum Gasteiger partial charge on any atom is -0.508 e. The molecule has 4 N–H and O–H groups in total. The highest BCUT2D eigenvalue weighted by Gasteiger charge is 2.43. The molecule has 194 valence electrons. The van der Waals surface area contributed by atoms with Crippen LogP contribution in [-0.4, -0.2) is 70.3 Å². The number of halogens is 1. The van der Waals surface area contributed by atoms with Gasteiger partial charge in [-0.1, -0.05) is 49.7 Å². The summed E-state index contributed by atoms with van der Waals surface area (Å²) in [6, 6.07) is 11.4. The van der Waals surface area contributed by atoms with Gasteiger partial charge in [-0.3, -0.25) is 14.4 Å². The van der Waals surface area contributed by atoms with Crippen LogP contribution in [0.2, 0.25) is 0 Å². The van der Waals surface area contributed by atoms with Gasteiger partial charge in [-0.15, -0.1) is 0 Å². The molecule has 0 spiro atoms. The second-order valence-electron chi connectivity index (χ2n) is 9.15. The third-order valence-electron chi connectivity index (χ3n) is 6.46. The maximum absolute atomic E-state index is 14.3. The summed E-state index contributed by atoms with van der Waals surface area (Å²) in [4.78, 5) is 40.1. The van der Waals surface area contributed by atoms with Gasteiger partial charge in [0.25, 0.3) is 11.8 Å². The molecule has 0 aromatic heterocycles. The Kier molecular flexibility index (Phi) is 9.41. The summed E-state index contributed by atoms with van der Waals surface area (Å²) in [5.74, 6) is -1.90. The van der Waals surface area contributed by atoms with Crippen LogP contribution in [0.15, 0.2) is 48.5 Å². The summed E-state index contributed by atoms with van der Waals surface area (Å²) >= 11 is 0. The zero-order chi connectivity index (χ0) is 26.2. The highest BCUT2D eigenvalue weighted by molar-refractivity contribution is 5.97. The van der Waals surface area contributed by atoms with E-state index in [1.54, 1.807) is 31.2 Å². The molecule has 1 heterocycles. The van der Waals surface area contributed by atoms with E-state index in [0.29, 0.717) is 12.1 Å². The second kappa shape index (κ2) is 12.5. The summed E-state index contributed by atoms with van der Waals surface area (Å²) in [5, 5.41) is 26.5. The normalized spacial score (nSPS) is 18.9. The van der Waals surface area contributed by atoms with Crippen LogP contribution in [0.5, 0.6) is 5.75 Å². The number of hydrogen-bond acceptors (Lipinski definition) is 5. The number of carbonyl (C=O) groups is 3. The number of alkyl halides is 1. The Morgan fingerprint density at radius 2 is 1.86 bits per heavy atom. The second-order valence-corrected chi connectivity index (χ2v) is 9.15. The van der Waals surface area contributed by atoms with Gasteiger partial charge in [0.05, 0.1) is 12.6 Å². The largest absolute Gasteiger partial charge is 0.508 e. The lowest BCUT2D eigenvalue weighted by molar-refractivity contribution is -0.146. The number of aromatic hydroxyl groups is 1. The number of phenolic OH excluding ortho intramolecular Hbond substituents is 1. The van der Waals surface area contributed by atoms with Gasteiger partial charge in [0.15, 0.2) is 6.10 Å². The van der Waals surface area contributed by atoms with Crippen molar-refractivity contribution in [3.05, 3.63) is 65.2 Å². The van der Waals surface area contributed by atoms with Gasteiger partial charge in [-0.05, 0) is 37.5 Å². The van der Waals surface area contributed by atoms with Crippen molar-refractivity contribution < 1.29 is 29.0 Å². The lowest BCUT2D eigenvalue weighted by Crippen LogP contribution is -2.56. The van der Waals surface area contributed by atoms with Gasteiger partial charge in [0.2, 0.25) is 5.91 Å². The molecule has 0 bridgehead atoms. The molecule has 8 nitrogen and oxygen atoms in total. The molecule has 0 aliphatic carbocycles. The van der Waals surface area contributed by atoms with Crippen LogP contribution in [-0.2, 0) is 16.0 Å². The number of carbonyl (C=O) groups excluding carboxylic acids is 3. The van der Waals surface area contributed by atoms with E-state index >= 15 is 0 Å². The fraction of sp³-hybridized carbons (Fsp3) is 0.444. The van der Waals surface area contributed by atoms with Crippen LogP contribution in [0.3, 0.4) is 0 Å². The van der Waals surface area contributed by atoms with Gasteiger partial charge in [0.1, 0.15) is 18.0 Å². The summed E-state index contributed by atoms with van der Waals surface area (Å²) < 4.78 is 14.3. The molecule has 36 heavy (non-hydrogen) atoms. The average Bonchev–Trinajstić information content (AvgIpc) is 3.26. The van der Waals surface area contributed by atoms with E-state index in [4.69, 9.17) is 0 Å². The number of likely N-dealkylation sites (tertiary alicyclic amines) is 1. The van der Waals surface area contributed by atoms with Crippen molar-refractivity contribution in [1.82, 2.24) is 15.5 Å². The fourth-order valence-corrected chi connectivity index (χ4v) is 4.35. The van der Waals surface area contributed by atoms with Gasteiger partial charge in [0, 0.05) is 24.1 Å². The third-order valence-corrected chi connectivity index (χ3v) is 6.46. The molecule has 1 aliphatic rings. The summed E-state index contributed by atoms with van der Waals surface area (Å²) in [5.41, 5.74) is 1.32. The Morgan fingerprint density at radius 1 is 1.14 bits per heavy atom. The monoisotopic (exact) mass is 499 g/mol. The molecule has 9 heteroatoms. The molecule has 3 rings (SSSR count). The summed E-state index contributed by atoms with van der Waals surface area (Å²) in [6.07, 6.45) is -1.50. The number of phenols is 1. The maximum Gasteiger partial charge on any atom is 0.254 e. The van der Waals surface area contributed by atoms with E-state index in [2.05, 4.69) is 10.6 Å². The SMILES string of the molecule is CCCCNC(=O)C1CC(F)CN1C(=O)C(O)C(Cc1ccccc1)NC(=O)c1cccc(O)c1C. The summed E-state index contributed by atoms with van der Waals surface area (Å²) in [6.45, 7) is 3.68. The van der Waals surface area contributed by atoms with E-state index in [1.807, 2.05) is 13.0 Å². The Labute approximate surface area is 210 Å². The third kappa shape index (κ3) is 6.60. The van der Waals surface area contributed by atoms with Crippen molar-refractivity contribution in [2.45, 2.75) is 63.9 Å². The summed E-state index contributed by atoms with van der Waals surface area (Å²) in [7, 11) is 0. The molecule has 4 atom stereocenters. The Bertz CT molecular complexity index is 1060. The van der Waals surface area contributed by atoms with E-state index in [9.17, 15) is 29.0 Å². The zero-order valence-electron chi connectivity index (χ0n) is 20.6. The number of aliphatic hydroxyl groups is 1. The van der Waals surface area contributed by atoms with Crippen LogP contribution < -0.4 is 10.6 Å². The lowest BCUT2D eigenvalue weighted by Gasteiger charge is -2.30. The molecule has 1 fully saturated rings.